The molecule has 0 saturated heterocycles. The number of ether oxygens (including phenoxy) is 1. The van der Waals surface area contributed by atoms with E-state index in [-0.39, 0.29) is 11.9 Å². The van der Waals surface area contributed by atoms with Gasteiger partial charge >= 0.3 is 0 Å². The van der Waals surface area contributed by atoms with E-state index in [1.165, 1.54) is 12.1 Å². The first-order valence-corrected chi connectivity index (χ1v) is 8.40. The van der Waals surface area contributed by atoms with E-state index in [1.807, 2.05) is 48.5 Å². The van der Waals surface area contributed by atoms with Gasteiger partial charge < -0.3 is 10.5 Å². The summed E-state index contributed by atoms with van der Waals surface area (Å²) in [6, 6.07) is 21.9. The molecule has 0 spiro atoms. The predicted octanol–water partition coefficient (Wildman–Crippen LogP) is 4.24. The third-order valence-electron chi connectivity index (χ3n) is 4.27. The summed E-state index contributed by atoms with van der Waals surface area (Å²) < 4.78 is 21.0. The van der Waals surface area contributed by atoms with Crippen LogP contribution in [0.25, 0.3) is 16.6 Å². The number of benzene rings is 3. The number of hydrogen-bond acceptors (Lipinski definition) is 3. The van der Waals surface area contributed by atoms with Crippen molar-refractivity contribution in [2.45, 2.75) is 6.10 Å². The molecule has 4 rings (SSSR count). The largest absolute Gasteiger partial charge is 0.484 e. The second-order valence-corrected chi connectivity index (χ2v) is 6.01. The van der Waals surface area contributed by atoms with Crippen LogP contribution in [0.15, 0.2) is 79.0 Å². The standard InChI is InChI=1S/C21H18FN3O/c22-17-6-8-18(9-7-17)25-20-11-10-19(12-16(20)14-24-25)26-21(13-23)15-4-2-1-3-5-15/h1-12,14,21H,13,23H2/t21-/m1/s1. The van der Waals surface area contributed by atoms with Crippen LogP contribution >= 0.6 is 0 Å². The quantitative estimate of drug-likeness (QED) is 0.587. The van der Waals surface area contributed by atoms with Gasteiger partial charge in [0.15, 0.2) is 0 Å². The molecule has 0 aliphatic rings. The van der Waals surface area contributed by atoms with E-state index in [0.717, 1.165) is 27.9 Å². The smallest absolute Gasteiger partial charge is 0.136 e. The van der Waals surface area contributed by atoms with Crippen molar-refractivity contribution in [1.82, 2.24) is 9.78 Å². The van der Waals surface area contributed by atoms with Gasteiger partial charge in [0.1, 0.15) is 17.7 Å². The summed E-state index contributed by atoms with van der Waals surface area (Å²) in [7, 11) is 0. The molecule has 0 bridgehead atoms. The Morgan fingerprint density at radius 1 is 1.00 bits per heavy atom. The minimum atomic E-state index is -0.269. The van der Waals surface area contributed by atoms with Gasteiger partial charge in [-0.2, -0.15) is 5.10 Å². The second kappa shape index (κ2) is 6.98. The Labute approximate surface area is 150 Å². The molecule has 1 aromatic heterocycles. The molecule has 0 radical (unpaired) electrons. The van der Waals surface area contributed by atoms with Crippen molar-refractivity contribution in [1.29, 1.82) is 0 Å². The highest BCUT2D eigenvalue weighted by Gasteiger charge is 2.12. The topological polar surface area (TPSA) is 53.1 Å². The molecule has 0 aliphatic carbocycles. The maximum absolute atomic E-state index is 13.1. The summed E-state index contributed by atoms with van der Waals surface area (Å²) in [5.41, 5.74) is 8.65. The summed E-state index contributed by atoms with van der Waals surface area (Å²) in [4.78, 5) is 0. The number of fused-ring (bicyclic) bond motifs is 1. The van der Waals surface area contributed by atoms with E-state index in [0.29, 0.717) is 6.54 Å². The lowest BCUT2D eigenvalue weighted by Gasteiger charge is -2.18. The van der Waals surface area contributed by atoms with Crippen molar-refractivity contribution >= 4 is 10.9 Å². The van der Waals surface area contributed by atoms with E-state index < -0.39 is 0 Å². The molecule has 4 aromatic rings. The first kappa shape index (κ1) is 16.3. The summed E-state index contributed by atoms with van der Waals surface area (Å²) in [5.74, 6) is 0.463. The van der Waals surface area contributed by atoms with Crippen molar-refractivity contribution in [2.75, 3.05) is 6.54 Å². The van der Waals surface area contributed by atoms with Crippen LogP contribution in [0, 0.1) is 5.82 Å². The average molecular weight is 347 g/mol. The molecule has 5 heteroatoms. The molecule has 2 N–H and O–H groups in total. The van der Waals surface area contributed by atoms with Crippen LogP contribution in [-0.2, 0) is 0 Å². The molecule has 0 amide bonds. The average Bonchev–Trinajstić information content (AvgIpc) is 3.10. The molecule has 4 nitrogen and oxygen atoms in total. The molecule has 0 aliphatic heterocycles. The van der Waals surface area contributed by atoms with Crippen LogP contribution in [0.4, 0.5) is 4.39 Å². The molecule has 130 valence electrons. The Balaban J connectivity index is 1.63. The molecule has 3 aromatic carbocycles. The monoisotopic (exact) mass is 347 g/mol. The van der Waals surface area contributed by atoms with E-state index in [1.54, 1.807) is 23.0 Å². The van der Waals surface area contributed by atoms with Gasteiger partial charge in [-0.25, -0.2) is 9.07 Å². The van der Waals surface area contributed by atoms with Crippen LogP contribution in [0.5, 0.6) is 5.75 Å². The molecule has 0 unspecified atom stereocenters. The van der Waals surface area contributed by atoms with E-state index >= 15 is 0 Å². The zero-order valence-electron chi connectivity index (χ0n) is 14.0. The third kappa shape index (κ3) is 3.17. The number of halogens is 1. The minimum absolute atomic E-state index is 0.208. The Kier molecular flexibility index (Phi) is 4.37. The number of nitrogens with zero attached hydrogens (tertiary/aromatic N) is 2. The number of aromatic nitrogens is 2. The minimum Gasteiger partial charge on any atom is -0.484 e. The van der Waals surface area contributed by atoms with E-state index in [9.17, 15) is 4.39 Å². The lowest BCUT2D eigenvalue weighted by atomic mass is 10.1. The fourth-order valence-corrected chi connectivity index (χ4v) is 2.96. The Morgan fingerprint density at radius 2 is 1.77 bits per heavy atom. The van der Waals surface area contributed by atoms with Crippen LogP contribution in [0.3, 0.4) is 0 Å². The zero-order valence-corrected chi connectivity index (χ0v) is 14.0. The third-order valence-corrected chi connectivity index (χ3v) is 4.27. The lowest BCUT2D eigenvalue weighted by molar-refractivity contribution is 0.214. The van der Waals surface area contributed by atoms with Gasteiger partial charge in [0, 0.05) is 11.9 Å². The number of nitrogens with two attached hydrogens (primary N) is 1. The summed E-state index contributed by atoms with van der Waals surface area (Å²) in [6.45, 7) is 0.386. The SMILES string of the molecule is NC[C@@H](Oc1ccc2c(cnn2-c2ccc(F)cc2)c1)c1ccccc1. The predicted molar refractivity (Wildman–Crippen MR) is 99.9 cm³/mol. The van der Waals surface area contributed by atoms with Gasteiger partial charge in [0.25, 0.3) is 0 Å². The van der Waals surface area contributed by atoms with Crippen LogP contribution in [-0.4, -0.2) is 16.3 Å². The van der Waals surface area contributed by atoms with Crippen LogP contribution < -0.4 is 10.5 Å². The van der Waals surface area contributed by atoms with Crippen molar-refractivity contribution in [3.8, 4) is 11.4 Å². The van der Waals surface area contributed by atoms with Gasteiger partial charge in [-0.3, -0.25) is 0 Å². The highest BCUT2D eigenvalue weighted by molar-refractivity contribution is 5.81. The zero-order chi connectivity index (χ0) is 17.9. The Hall–Kier alpha value is -3.18. The summed E-state index contributed by atoms with van der Waals surface area (Å²) >= 11 is 0. The van der Waals surface area contributed by atoms with E-state index in [2.05, 4.69) is 5.10 Å². The molecular formula is C21H18FN3O. The highest BCUT2D eigenvalue weighted by Crippen LogP contribution is 2.26. The molecule has 1 heterocycles. The number of rotatable bonds is 5. The molecule has 0 fully saturated rings. The molecule has 0 saturated carbocycles. The first-order chi connectivity index (χ1) is 12.7. The fourth-order valence-electron chi connectivity index (χ4n) is 2.96. The van der Waals surface area contributed by atoms with Gasteiger partial charge in [0.2, 0.25) is 0 Å². The molecular weight excluding hydrogens is 329 g/mol. The van der Waals surface area contributed by atoms with E-state index in [4.69, 9.17) is 10.5 Å². The van der Waals surface area contributed by atoms with Crippen molar-refractivity contribution in [2.24, 2.45) is 5.73 Å². The van der Waals surface area contributed by atoms with Crippen LogP contribution in [0.2, 0.25) is 0 Å². The van der Waals surface area contributed by atoms with Gasteiger partial charge in [-0.05, 0) is 48.0 Å². The van der Waals surface area contributed by atoms with Gasteiger partial charge in [0.05, 0.1) is 17.4 Å². The number of hydrogen-bond donors (Lipinski definition) is 1. The first-order valence-electron chi connectivity index (χ1n) is 8.40. The lowest BCUT2D eigenvalue weighted by Crippen LogP contribution is -2.18. The maximum Gasteiger partial charge on any atom is 0.136 e. The molecule has 1 atom stereocenters. The second-order valence-electron chi connectivity index (χ2n) is 6.01. The Morgan fingerprint density at radius 3 is 2.50 bits per heavy atom. The highest BCUT2D eigenvalue weighted by atomic mass is 19.1. The Bertz CT molecular complexity index is 1010. The van der Waals surface area contributed by atoms with Crippen molar-refractivity contribution in [3.05, 3.63) is 90.4 Å². The maximum atomic E-state index is 13.1. The normalized spacial score (nSPS) is 12.2. The molecule has 26 heavy (non-hydrogen) atoms. The fraction of sp³-hybridized carbons (Fsp3) is 0.0952. The van der Waals surface area contributed by atoms with Crippen LogP contribution in [0.1, 0.15) is 11.7 Å². The van der Waals surface area contributed by atoms with Crippen molar-refractivity contribution < 1.29 is 9.13 Å². The summed E-state index contributed by atoms with van der Waals surface area (Å²) in [5, 5.41) is 5.35. The van der Waals surface area contributed by atoms with Crippen molar-refractivity contribution in [3.63, 3.8) is 0 Å². The van der Waals surface area contributed by atoms with Gasteiger partial charge in [-0.1, -0.05) is 30.3 Å². The summed E-state index contributed by atoms with van der Waals surface area (Å²) in [6.07, 6.45) is 1.56. The van der Waals surface area contributed by atoms with Gasteiger partial charge in [-0.15, -0.1) is 0 Å².